The molecule has 0 aromatic heterocycles. The highest BCUT2D eigenvalue weighted by molar-refractivity contribution is 5.81. The Kier molecular flexibility index (Phi) is 13.1. The quantitative estimate of drug-likeness (QED) is 0.254. The van der Waals surface area contributed by atoms with Gasteiger partial charge in [-0.05, 0) is 19.4 Å². The van der Waals surface area contributed by atoms with Crippen LogP contribution in [0, 0.1) is 0 Å². The van der Waals surface area contributed by atoms with Crippen LogP contribution in [-0.4, -0.2) is 48.3 Å². The van der Waals surface area contributed by atoms with Gasteiger partial charge < -0.3 is 20.9 Å². The Hall–Kier alpha value is -1.83. The maximum atomic E-state index is 11.4. The molecular weight excluding hydrogens is 290 g/mol. The highest BCUT2D eigenvalue weighted by Crippen LogP contribution is 2.13. The van der Waals surface area contributed by atoms with Gasteiger partial charge in [0.05, 0.1) is 24.7 Å². The fraction of sp³-hybridized carbons (Fsp3) is 0.846. The molecule has 0 bridgehead atoms. The van der Waals surface area contributed by atoms with E-state index in [9.17, 15) is 9.59 Å². The average Bonchev–Trinajstić information content (AvgIpc) is 2.40. The van der Waals surface area contributed by atoms with Crippen molar-refractivity contribution < 1.29 is 19.4 Å². The third kappa shape index (κ3) is 14.6. The molecule has 0 aliphatic carbocycles. The molecule has 9 nitrogen and oxygen atoms in total. The molecule has 9 heteroatoms. The Bertz CT molecular complexity index is 381. The van der Waals surface area contributed by atoms with Gasteiger partial charge >= 0.3 is 5.97 Å². The van der Waals surface area contributed by atoms with Crippen LogP contribution < -0.4 is 11.1 Å². The molecule has 4 N–H and O–H groups in total. The van der Waals surface area contributed by atoms with E-state index in [1.54, 1.807) is 13.8 Å². The maximum absolute atomic E-state index is 11.4. The van der Waals surface area contributed by atoms with E-state index >= 15 is 0 Å². The van der Waals surface area contributed by atoms with Gasteiger partial charge in [-0.1, -0.05) is 25.4 Å². The molecule has 0 saturated carbocycles. The van der Waals surface area contributed by atoms with E-state index < -0.39 is 23.5 Å². The fourth-order valence-electron chi connectivity index (χ4n) is 1.26. The molecule has 128 valence electrons. The van der Waals surface area contributed by atoms with Gasteiger partial charge in [0.15, 0.2) is 0 Å². The Morgan fingerprint density at radius 2 is 2.00 bits per heavy atom. The Labute approximate surface area is 130 Å². The number of aliphatic carboxylic acids is 1. The molecule has 0 radical (unpaired) electrons. The monoisotopic (exact) mass is 317 g/mol. The molecule has 0 fully saturated rings. The number of ether oxygens (including phenoxy) is 1. The first kappa shape index (κ1) is 22.5. The molecule has 0 aromatic carbocycles. The fourth-order valence-corrected chi connectivity index (χ4v) is 1.26. The number of azide groups is 1. The van der Waals surface area contributed by atoms with Crippen LogP contribution in [0.4, 0.5) is 0 Å². The first-order chi connectivity index (χ1) is 10.2. The highest BCUT2D eigenvalue weighted by Gasteiger charge is 2.22. The zero-order valence-electron chi connectivity index (χ0n) is 13.7. The van der Waals surface area contributed by atoms with E-state index in [0.29, 0.717) is 0 Å². The summed E-state index contributed by atoms with van der Waals surface area (Å²) >= 11 is 0. The minimum Gasteiger partial charge on any atom is -0.481 e. The lowest BCUT2D eigenvalue weighted by Gasteiger charge is -2.23. The molecular formula is C13H27N5O4. The van der Waals surface area contributed by atoms with Gasteiger partial charge in [0.1, 0.15) is 0 Å². The predicted octanol–water partition coefficient (Wildman–Crippen LogP) is 1.43. The van der Waals surface area contributed by atoms with Crippen LogP contribution in [0.15, 0.2) is 5.11 Å². The van der Waals surface area contributed by atoms with E-state index in [4.69, 9.17) is 21.1 Å². The smallest absolute Gasteiger partial charge is 0.306 e. The van der Waals surface area contributed by atoms with Crippen LogP contribution >= 0.6 is 0 Å². The van der Waals surface area contributed by atoms with Crippen LogP contribution in [0.3, 0.4) is 0 Å². The lowest BCUT2D eigenvalue weighted by Crippen LogP contribution is -2.44. The molecule has 1 unspecified atom stereocenters. The summed E-state index contributed by atoms with van der Waals surface area (Å²) in [6.45, 7) is 7.80. The van der Waals surface area contributed by atoms with E-state index in [1.807, 2.05) is 0 Å². The minimum absolute atomic E-state index is 0.117. The van der Waals surface area contributed by atoms with Gasteiger partial charge in [-0.25, -0.2) is 0 Å². The molecule has 22 heavy (non-hydrogen) atoms. The molecule has 0 rings (SSSR count). The van der Waals surface area contributed by atoms with Crippen molar-refractivity contribution in [3.05, 3.63) is 10.4 Å². The lowest BCUT2D eigenvalue weighted by molar-refractivity contribution is -0.144. The molecule has 0 aromatic rings. The number of hydrogen-bond acceptors (Lipinski definition) is 5. The van der Waals surface area contributed by atoms with Gasteiger partial charge in [-0.3, -0.25) is 9.59 Å². The van der Waals surface area contributed by atoms with E-state index in [0.717, 1.165) is 0 Å². The summed E-state index contributed by atoms with van der Waals surface area (Å²) < 4.78 is 5.33. The van der Waals surface area contributed by atoms with Crippen molar-refractivity contribution in [2.24, 2.45) is 10.8 Å². The largest absolute Gasteiger partial charge is 0.481 e. The minimum atomic E-state index is -0.953. The molecule has 0 spiro atoms. The lowest BCUT2D eigenvalue weighted by atomic mass is 10.1. The van der Waals surface area contributed by atoms with Crippen molar-refractivity contribution in [3.8, 4) is 0 Å². The first-order valence-corrected chi connectivity index (χ1v) is 7.10. The third-order valence-electron chi connectivity index (χ3n) is 2.15. The Morgan fingerprint density at radius 3 is 2.45 bits per heavy atom. The van der Waals surface area contributed by atoms with Gasteiger partial charge in [0.2, 0.25) is 5.91 Å². The summed E-state index contributed by atoms with van der Waals surface area (Å²) in [5.74, 6) is -1.41. The van der Waals surface area contributed by atoms with Gasteiger partial charge in [0.25, 0.3) is 0 Å². The molecule has 0 aliphatic heterocycles. The van der Waals surface area contributed by atoms with Crippen molar-refractivity contribution in [1.82, 2.24) is 5.32 Å². The number of carboxylic acids is 1. The number of carbonyl (C=O) groups excluding carboxylic acids is 1. The molecule has 0 heterocycles. The second kappa shape index (κ2) is 12.9. The van der Waals surface area contributed by atoms with Crippen LogP contribution in [0.1, 0.15) is 40.5 Å². The van der Waals surface area contributed by atoms with E-state index in [2.05, 4.69) is 29.2 Å². The topological polar surface area (TPSA) is 150 Å². The van der Waals surface area contributed by atoms with Crippen molar-refractivity contribution in [1.29, 1.82) is 0 Å². The predicted molar refractivity (Wildman–Crippen MR) is 83.2 cm³/mol. The van der Waals surface area contributed by atoms with Crippen molar-refractivity contribution in [3.63, 3.8) is 0 Å². The number of nitrogens with one attached hydrogen (secondary N) is 1. The standard InChI is InChI=1S/C10H19N5O4.C3H8/c1-10(2,5-8(16)17)19-4-3-13-9(18)7(11)6-14-15-12;1-3-2/h7H,3-6,11H2,1-2H3,(H,13,18)(H,16,17);3H2,1-2H3. The second-order valence-electron chi connectivity index (χ2n) is 5.20. The van der Waals surface area contributed by atoms with E-state index in [1.165, 1.54) is 6.42 Å². The zero-order chi connectivity index (χ0) is 17.6. The molecule has 0 saturated heterocycles. The highest BCUT2D eigenvalue weighted by atomic mass is 16.5. The number of carbonyl (C=O) groups is 2. The number of rotatable bonds is 9. The van der Waals surface area contributed by atoms with Crippen LogP contribution in [0.2, 0.25) is 0 Å². The number of nitrogens with two attached hydrogens (primary N) is 1. The molecule has 1 amide bonds. The number of nitrogens with zero attached hydrogens (tertiary/aromatic N) is 3. The summed E-state index contributed by atoms with van der Waals surface area (Å²) in [5, 5.41) is 14.3. The third-order valence-corrected chi connectivity index (χ3v) is 2.15. The first-order valence-electron chi connectivity index (χ1n) is 7.10. The SMILES string of the molecule is CC(C)(CC(=O)O)OCCNC(=O)C(N)CN=[N+]=[N-].CCC. The van der Waals surface area contributed by atoms with Crippen molar-refractivity contribution in [2.45, 2.75) is 52.2 Å². The number of amides is 1. The number of carboxylic acid groups (broad SMARTS) is 1. The van der Waals surface area contributed by atoms with E-state index in [-0.39, 0.29) is 26.1 Å². The summed E-state index contributed by atoms with van der Waals surface area (Å²) in [5.41, 5.74) is 12.7. The summed E-state index contributed by atoms with van der Waals surface area (Å²) in [4.78, 5) is 24.4. The van der Waals surface area contributed by atoms with Crippen molar-refractivity contribution in [2.75, 3.05) is 19.7 Å². The Morgan fingerprint density at radius 1 is 1.45 bits per heavy atom. The van der Waals surface area contributed by atoms with Crippen LogP contribution in [0.25, 0.3) is 10.4 Å². The second-order valence-corrected chi connectivity index (χ2v) is 5.20. The summed E-state index contributed by atoms with van der Waals surface area (Å²) in [6.07, 6.45) is 1.12. The zero-order valence-corrected chi connectivity index (χ0v) is 13.7. The van der Waals surface area contributed by atoms with Crippen LogP contribution in [0.5, 0.6) is 0 Å². The number of hydrogen-bond donors (Lipinski definition) is 3. The average molecular weight is 317 g/mol. The normalized spacial score (nSPS) is 11.5. The van der Waals surface area contributed by atoms with Crippen molar-refractivity contribution >= 4 is 11.9 Å². The van der Waals surface area contributed by atoms with Gasteiger partial charge in [-0.15, -0.1) is 0 Å². The summed E-state index contributed by atoms with van der Waals surface area (Å²) in [6, 6.07) is -0.900. The molecule has 1 atom stereocenters. The van der Waals surface area contributed by atoms with Gasteiger partial charge in [0, 0.05) is 18.0 Å². The summed E-state index contributed by atoms with van der Waals surface area (Å²) in [7, 11) is 0. The van der Waals surface area contributed by atoms with Crippen LogP contribution in [-0.2, 0) is 14.3 Å². The maximum Gasteiger partial charge on any atom is 0.306 e. The van der Waals surface area contributed by atoms with Gasteiger partial charge in [-0.2, -0.15) is 0 Å². The molecule has 0 aliphatic rings. The Balaban J connectivity index is 0.